The summed E-state index contributed by atoms with van der Waals surface area (Å²) in [5.74, 6) is 0.624. The second-order valence-corrected chi connectivity index (χ2v) is 6.08. The van der Waals surface area contributed by atoms with E-state index in [0.29, 0.717) is 32.1 Å². The van der Waals surface area contributed by atoms with Crippen molar-refractivity contribution in [3.8, 4) is 0 Å². The molecule has 1 aromatic heterocycles. The van der Waals surface area contributed by atoms with Crippen molar-refractivity contribution in [1.29, 1.82) is 0 Å². The van der Waals surface area contributed by atoms with E-state index in [1.807, 2.05) is 4.90 Å². The van der Waals surface area contributed by atoms with Crippen LogP contribution >= 0.6 is 0 Å². The molecule has 2 heterocycles. The van der Waals surface area contributed by atoms with E-state index < -0.39 is 0 Å². The van der Waals surface area contributed by atoms with Crippen LogP contribution in [0.3, 0.4) is 0 Å². The lowest BCUT2D eigenvalue weighted by Crippen LogP contribution is -2.52. The Kier molecular flexibility index (Phi) is 4.40. The van der Waals surface area contributed by atoms with Crippen LogP contribution < -0.4 is 0 Å². The lowest BCUT2D eigenvalue weighted by molar-refractivity contribution is -0.138. The van der Waals surface area contributed by atoms with Gasteiger partial charge in [-0.1, -0.05) is 19.3 Å². The van der Waals surface area contributed by atoms with E-state index in [4.69, 9.17) is 4.42 Å². The van der Waals surface area contributed by atoms with Crippen LogP contribution in [-0.4, -0.2) is 58.0 Å². The van der Waals surface area contributed by atoms with Gasteiger partial charge in [-0.15, -0.1) is 10.2 Å². The van der Waals surface area contributed by atoms with Gasteiger partial charge >= 0.3 is 11.8 Å². The smallest absolute Gasteiger partial charge is 0.311 e. The third-order valence-corrected chi connectivity index (χ3v) is 4.54. The fourth-order valence-electron chi connectivity index (χ4n) is 3.26. The third-order valence-electron chi connectivity index (χ3n) is 4.54. The van der Waals surface area contributed by atoms with Gasteiger partial charge in [-0.05, 0) is 12.8 Å². The van der Waals surface area contributed by atoms with Crippen molar-refractivity contribution in [2.75, 3.05) is 26.2 Å². The molecule has 0 unspecified atom stereocenters. The Hall–Kier alpha value is -1.92. The molecular weight excluding hydrogens is 284 g/mol. The zero-order chi connectivity index (χ0) is 15.5. The fourth-order valence-corrected chi connectivity index (χ4v) is 3.26. The molecule has 0 aromatic carbocycles. The van der Waals surface area contributed by atoms with Crippen molar-refractivity contribution < 1.29 is 14.0 Å². The minimum absolute atomic E-state index is 0.0320. The highest BCUT2D eigenvalue weighted by molar-refractivity contribution is 5.89. The molecule has 1 saturated carbocycles. The molecule has 1 aliphatic carbocycles. The fraction of sp³-hybridized carbons (Fsp3) is 0.733. The number of nitrogens with zero attached hydrogens (tertiary/aromatic N) is 4. The van der Waals surface area contributed by atoms with E-state index in [9.17, 15) is 9.59 Å². The van der Waals surface area contributed by atoms with Crippen LogP contribution in [0.5, 0.6) is 0 Å². The topological polar surface area (TPSA) is 79.5 Å². The van der Waals surface area contributed by atoms with Crippen molar-refractivity contribution in [2.45, 2.75) is 39.0 Å². The average Bonchev–Trinajstić information content (AvgIpc) is 3.01. The molecule has 22 heavy (non-hydrogen) atoms. The summed E-state index contributed by atoms with van der Waals surface area (Å²) in [5.41, 5.74) is 0. The van der Waals surface area contributed by atoms with E-state index in [1.165, 1.54) is 6.42 Å². The van der Waals surface area contributed by atoms with Crippen molar-refractivity contribution >= 4 is 11.8 Å². The van der Waals surface area contributed by atoms with Gasteiger partial charge in [0, 0.05) is 39.0 Å². The molecule has 3 rings (SSSR count). The summed E-state index contributed by atoms with van der Waals surface area (Å²) in [7, 11) is 0. The predicted octanol–water partition coefficient (Wildman–Crippen LogP) is 1.24. The van der Waals surface area contributed by atoms with Crippen molar-refractivity contribution in [3.63, 3.8) is 0 Å². The second-order valence-electron chi connectivity index (χ2n) is 6.08. The number of carbonyl (C=O) groups excluding carboxylic acids is 2. The Morgan fingerprint density at radius 2 is 1.64 bits per heavy atom. The average molecular weight is 306 g/mol. The molecular formula is C15H22N4O3. The van der Waals surface area contributed by atoms with Gasteiger partial charge in [0.25, 0.3) is 0 Å². The van der Waals surface area contributed by atoms with E-state index in [0.717, 1.165) is 25.7 Å². The number of hydrogen-bond donors (Lipinski definition) is 0. The zero-order valence-electron chi connectivity index (χ0n) is 13.0. The summed E-state index contributed by atoms with van der Waals surface area (Å²) in [4.78, 5) is 28.3. The van der Waals surface area contributed by atoms with E-state index in [2.05, 4.69) is 10.2 Å². The summed E-state index contributed by atoms with van der Waals surface area (Å²) in [5, 5.41) is 7.44. The van der Waals surface area contributed by atoms with Crippen molar-refractivity contribution in [3.05, 3.63) is 11.8 Å². The lowest BCUT2D eigenvalue weighted by atomic mass is 9.88. The van der Waals surface area contributed by atoms with Gasteiger partial charge in [-0.3, -0.25) is 9.59 Å². The highest BCUT2D eigenvalue weighted by atomic mass is 16.4. The van der Waals surface area contributed by atoms with E-state index in [1.54, 1.807) is 11.8 Å². The third kappa shape index (κ3) is 3.13. The maximum atomic E-state index is 12.5. The SMILES string of the molecule is Cc1nnc(C(=O)N2CCN(C(=O)C3CCCCC3)CC2)o1. The van der Waals surface area contributed by atoms with Crippen molar-refractivity contribution in [1.82, 2.24) is 20.0 Å². The standard InChI is InChI=1S/C15H22N4O3/c1-11-16-17-13(22-11)15(21)19-9-7-18(8-10-19)14(20)12-5-3-2-4-6-12/h12H,2-10H2,1H3. The van der Waals surface area contributed by atoms with Gasteiger partial charge in [-0.2, -0.15) is 0 Å². The maximum Gasteiger partial charge on any atom is 0.311 e. The summed E-state index contributed by atoms with van der Waals surface area (Å²) in [6, 6.07) is 0. The second kappa shape index (κ2) is 6.46. The number of amides is 2. The number of piperazine rings is 1. The Balaban J connectivity index is 1.53. The van der Waals surface area contributed by atoms with Crippen LogP contribution in [0.25, 0.3) is 0 Å². The van der Waals surface area contributed by atoms with Gasteiger partial charge < -0.3 is 14.2 Å². The van der Waals surface area contributed by atoms with Gasteiger partial charge in [0.15, 0.2) is 0 Å². The quantitative estimate of drug-likeness (QED) is 0.821. The Labute approximate surface area is 129 Å². The highest BCUT2D eigenvalue weighted by Crippen LogP contribution is 2.25. The van der Waals surface area contributed by atoms with Crippen LogP contribution in [-0.2, 0) is 4.79 Å². The van der Waals surface area contributed by atoms with Crippen LogP contribution in [0.2, 0.25) is 0 Å². The summed E-state index contributed by atoms with van der Waals surface area (Å²) in [6.45, 7) is 3.89. The minimum atomic E-state index is -0.245. The Morgan fingerprint density at radius 1 is 1.00 bits per heavy atom. The lowest BCUT2D eigenvalue weighted by Gasteiger charge is -2.36. The molecule has 7 nitrogen and oxygen atoms in total. The number of hydrogen-bond acceptors (Lipinski definition) is 5. The molecule has 2 aliphatic rings. The van der Waals surface area contributed by atoms with Gasteiger partial charge in [0.1, 0.15) is 0 Å². The van der Waals surface area contributed by atoms with Crippen LogP contribution in [0.4, 0.5) is 0 Å². The molecule has 1 saturated heterocycles. The normalized spacial score (nSPS) is 20.2. The first-order chi connectivity index (χ1) is 10.6. The van der Waals surface area contributed by atoms with Crippen LogP contribution in [0, 0.1) is 12.8 Å². The van der Waals surface area contributed by atoms with Gasteiger partial charge in [0.05, 0.1) is 0 Å². The molecule has 1 aliphatic heterocycles. The number of aromatic nitrogens is 2. The summed E-state index contributed by atoms with van der Waals surface area (Å²) in [6.07, 6.45) is 5.59. The first kappa shape index (κ1) is 15.0. The predicted molar refractivity (Wildman–Crippen MR) is 78.1 cm³/mol. The highest BCUT2D eigenvalue weighted by Gasteiger charge is 2.31. The first-order valence-corrected chi connectivity index (χ1v) is 8.03. The molecule has 0 spiro atoms. The first-order valence-electron chi connectivity index (χ1n) is 8.03. The Bertz CT molecular complexity index is 543. The molecule has 2 amide bonds. The van der Waals surface area contributed by atoms with Gasteiger partial charge in [-0.25, -0.2) is 0 Å². The molecule has 1 aromatic rings. The zero-order valence-corrected chi connectivity index (χ0v) is 13.0. The minimum Gasteiger partial charge on any atom is -0.417 e. The summed E-state index contributed by atoms with van der Waals surface area (Å²) >= 11 is 0. The molecule has 7 heteroatoms. The van der Waals surface area contributed by atoms with Crippen molar-refractivity contribution in [2.24, 2.45) is 5.92 Å². The van der Waals surface area contributed by atoms with Gasteiger partial charge in [0.2, 0.25) is 11.8 Å². The largest absolute Gasteiger partial charge is 0.417 e. The molecule has 0 atom stereocenters. The molecule has 120 valence electrons. The number of rotatable bonds is 2. The molecule has 2 fully saturated rings. The van der Waals surface area contributed by atoms with E-state index in [-0.39, 0.29) is 23.6 Å². The molecule has 0 N–H and O–H groups in total. The maximum absolute atomic E-state index is 12.5. The Morgan fingerprint density at radius 3 is 2.23 bits per heavy atom. The molecule has 0 bridgehead atoms. The monoisotopic (exact) mass is 306 g/mol. The molecule has 0 radical (unpaired) electrons. The van der Waals surface area contributed by atoms with Crippen LogP contribution in [0.1, 0.15) is 48.7 Å². The number of carbonyl (C=O) groups is 2. The van der Waals surface area contributed by atoms with Crippen LogP contribution in [0.15, 0.2) is 4.42 Å². The number of aryl methyl sites for hydroxylation is 1. The van der Waals surface area contributed by atoms with E-state index >= 15 is 0 Å². The summed E-state index contributed by atoms with van der Waals surface area (Å²) < 4.78 is 5.17.